The molecular weight excluding hydrogens is 277 g/mol. The molecule has 0 bridgehead atoms. The van der Waals surface area contributed by atoms with E-state index in [9.17, 15) is 18.0 Å². The van der Waals surface area contributed by atoms with Gasteiger partial charge in [-0.05, 0) is 36.8 Å². The quantitative estimate of drug-likeness (QED) is 0.785. The minimum Gasteiger partial charge on any atom is -0.299 e. The maximum Gasteiger partial charge on any atom is 0.391 e. The van der Waals surface area contributed by atoms with Gasteiger partial charge in [-0.1, -0.05) is 37.6 Å². The van der Waals surface area contributed by atoms with Crippen LogP contribution in [0, 0.1) is 11.8 Å². The molecule has 0 N–H and O–H groups in total. The second-order valence-corrected chi connectivity index (χ2v) is 5.92. The number of hydrogen-bond donors (Lipinski definition) is 0. The molecule has 0 aromatic heterocycles. The largest absolute Gasteiger partial charge is 0.391 e. The van der Waals surface area contributed by atoms with Crippen LogP contribution in [0.25, 0.3) is 0 Å². The van der Waals surface area contributed by atoms with Gasteiger partial charge in [0, 0.05) is 12.3 Å². The van der Waals surface area contributed by atoms with Gasteiger partial charge in [0.1, 0.15) is 5.78 Å². The monoisotopic (exact) mass is 298 g/mol. The maximum absolute atomic E-state index is 12.8. The normalized spacial score (nSPS) is 23.0. The van der Waals surface area contributed by atoms with Crippen molar-refractivity contribution in [2.45, 2.75) is 51.6 Å². The maximum atomic E-state index is 12.8. The van der Waals surface area contributed by atoms with Gasteiger partial charge in [0.25, 0.3) is 0 Å². The Balaban J connectivity index is 1.96. The summed E-state index contributed by atoms with van der Waals surface area (Å²) in [5.41, 5.74) is 2.09. The summed E-state index contributed by atoms with van der Waals surface area (Å²) < 4.78 is 38.3. The lowest BCUT2D eigenvalue weighted by Gasteiger charge is -2.29. The molecule has 0 amide bonds. The molecular formula is C17H21F3O. The van der Waals surface area contributed by atoms with Crippen molar-refractivity contribution < 1.29 is 18.0 Å². The van der Waals surface area contributed by atoms with E-state index in [0.29, 0.717) is 12.8 Å². The molecule has 21 heavy (non-hydrogen) atoms. The Morgan fingerprint density at radius 3 is 2.33 bits per heavy atom. The van der Waals surface area contributed by atoms with Crippen LogP contribution in [0.5, 0.6) is 0 Å². The molecule has 2 atom stereocenters. The average Bonchev–Trinajstić information content (AvgIpc) is 2.47. The minimum atomic E-state index is -4.16. The van der Waals surface area contributed by atoms with E-state index in [4.69, 9.17) is 0 Å². The molecule has 2 unspecified atom stereocenters. The molecule has 1 fully saturated rings. The summed E-state index contributed by atoms with van der Waals surface area (Å²) in [5, 5.41) is 0. The molecule has 1 aliphatic rings. The predicted octanol–water partition coefficient (Wildman–Crippen LogP) is 4.73. The van der Waals surface area contributed by atoms with E-state index in [1.807, 2.05) is 24.3 Å². The number of alkyl halides is 3. The molecule has 116 valence electrons. The number of halogens is 3. The molecule has 0 saturated heterocycles. The molecule has 1 aliphatic carbocycles. The number of carbonyl (C=O) groups is 1. The smallest absolute Gasteiger partial charge is 0.299 e. The van der Waals surface area contributed by atoms with Gasteiger partial charge in [-0.25, -0.2) is 0 Å². The Hall–Kier alpha value is -1.32. The van der Waals surface area contributed by atoms with Crippen LogP contribution in [0.4, 0.5) is 13.2 Å². The molecule has 0 heterocycles. The lowest BCUT2D eigenvalue weighted by molar-refractivity contribution is -0.186. The zero-order valence-electron chi connectivity index (χ0n) is 12.2. The Kier molecular flexibility index (Phi) is 5.07. The highest BCUT2D eigenvalue weighted by Crippen LogP contribution is 2.40. The van der Waals surface area contributed by atoms with Crippen molar-refractivity contribution in [1.82, 2.24) is 0 Å². The van der Waals surface area contributed by atoms with E-state index in [2.05, 4.69) is 6.92 Å². The summed E-state index contributed by atoms with van der Waals surface area (Å²) in [6, 6.07) is 7.76. The number of Topliss-reactive ketones (excluding diaryl/α,β-unsaturated/α-hetero) is 1. The molecule has 1 aromatic rings. The molecule has 0 spiro atoms. The summed E-state index contributed by atoms with van der Waals surface area (Å²) in [4.78, 5) is 12.2. The number of ketones is 1. The summed E-state index contributed by atoms with van der Waals surface area (Å²) in [7, 11) is 0. The highest BCUT2D eigenvalue weighted by molar-refractivity contribution is 5.83. The first-order valence-electron chi connectivity index (χ1n) is 7.57. The fraction of sp³-hybridized carbons (Fsp3) is 0.588. The van der Waals surface area contributed by atoms with Crippen LogP contribution in [-0.2, 0) is 17.6 Å². The third-order valence-corrected chi connectivity index (χ3v) is 4.40. The van der Waals surface area contributed by atoms with E-state index in [0.717, 1.165) is 12.0 Å². The Morgan fingerprint density at radius 1 is 1.14 bits per heavy atom. The Labute approximate surface area is 123 Å². The summed E-state index contributed by atoms with van der Waals surface area (Å²) >= 11 is 0. The van der Waals surface area contributed by atoms with Gasteiger partial charge in [-0.15, -0.1) is 0 Å². The van der Waals surface area contributed by atoms with E-state index < -0.39 is 18.0 Å². The number of hydrogen-bond acceptors (Lipinski definition) is 1. The molecule has 0 radical (unpaired) electrons. The first-order valence-corrected chi connectivity index (χ1v) is 7.57. The summed E-state index contributed by atoms with van der Waals surface area (Å²) in [6.07, 6.45) is -1.76. The average molecular weight is 298 g/mol. The first kappa shape index (κ1) is 16.1. The molecule has 1 aromatic carbocycles. The van der Waals surface area contributed by atoms with Crippen molar-refractivity contribution in [2.75, 3.05) is 0 Å². The van der Waals surface area contributed by atoms with Gasteiger partial charge in [-0.3, -0.25) is 4.79 Å². The van der Waals surface area contributed by atoms with E-state index >= 15 is 0 Å². The lowest BCUT2D eigenvalue weighted by atomic mass is 9.78. The highest BCUT2D eigenvalue weighted by atomic mass is 19.4. The topological polar surface area (TPSA) is 17.1 Å². The van der Waals surface area contributed by atoms with Crippen LogP contribution in [0.1, 0.15) is 43.7 Å². The van der Waals surface area contributed by atoms with Gasteiger partial charge in [0.05, 0.1) is 5.92 Å². The third-order valence-electron chi connectivity index (χ3n) is 4.40. The van der Waals surface area contributed by atoms with Gasteiger partial charge in [0.2, 0.25) is 0 Å². The third kappa shape index (κ3) is 4.32. The summed E-state index contributed by atoms with van der Waals surface area (Å²) in [5.74, 6) is -1.79. The van der Waals surface area contributed by atoms with Gasteiger partial charge in [0.15, 0.2) is 0 Å². The molecule has 1 saturated carbocycles. The fourth-order valence-electron chi connectivity index (χ4n) is 3.02. The van der Waals surface area contributed by atoms with Crippen molar-refractivity contribution >= 4 is 5.78 Å². The van der Waals surface area contributed by atoms with Crippen LogP contribution in [0.2, 0.25) is 0 Å². The van der Waals surface area contributed by atoms with Crippen molar-refractivity contribution in [2.24, 2.45) is 11.8 Å². The zero-order valence-corrected chi connectivity index (χ0v) is 12.2. The minimum absolute atomic E-state index is 0.0324. The second-order valence-electron chi connectivity index (χ2n) is 5.92. The van der Waals surface area contributed by atoms with Gasteiger partial charge >= 0.3 is 6.18 Å². The second kappa shape index (κ2) is 6.63. The van der Waals surface area contributed by atoms with Gasteiger partial charge < -0.3 is 0 Å². The van der Waals surface area contributed by atoms with Crippen LogP contribution in [-0.4, -0.2) is 12.0 Å². The van der Waals surface area contributed by atoms with E-state index in [1.165, 1.54) is 5.56 Å². The number of aryl methyl sites for hydroxylation is 1. The first-order chi connectivity index (χ1) is 9.90. The van der Waals surface area contributed by atoms with Crippen molar-refractivity contribution in [3.05, 3.63) is 35.4 Å². The number of benzene rings is 1. The highest BCUT2D eigenvalue weighted by Gasteiger charge is 2.43. The zero-order chi connectivity index (χ0) is 15.5. The van der Waals surface area contributed by atoms with Crippen molar-refractivity contribution in [3.8, 4) is 0 Å². The molecule has 4 heteroatoms. The van der Waals surface area contributed by atoms with Gasteiger partial charge in [-0.2, -0.15) is 13.2 Å². The predicted molar refractivity (Wildman–Crippen MR) is 76.0 cm³/mol. The summed E-state index contributed by atoms with van der Waals surface area (Å²) in [6.45, 7) is 2.06. The van der Waals surface area contributed by atoms with Crippen LogP contribution in [0.15, 0.2) is 24.3 Å². The number of carbonyl (C=O) groups excluding carboxylic acids is 1. The fourth-order valence-corrected chi connectivity index (χ4v) is 3.02. The number of rotatable bonds is 4. The Morgan fingerprint density at radius 2 is 1.76 bits per heavy atom. The lowest BCUT2D eigenvalue weighted by Crippen LogP contribution is -2.32. The van der Waals surface area contributed by atoms with E-state index in [-0.39, 0.29) is 25.0 Å². The van der Waals surface area contributed by atoms with Crippen LogP contribution < -0.4 is 0 Å². The Bertz CT molecular complexity index is 476. The molecule has 2 rings (SSSR count). The van der Waals surface area contributed by atoms with E-state index in [1.54, 1.807) is 0 Å². The molecule has 1 nitrogen and oxygen atoms in total. The molecule has 0 aliphatic heterocycles. The SMILES string of the molecule is CCc1ccc(CC(=O)C2CCCC(C(F)(F)F)C2)cc1. The van der Waals surface area contributed by atoms with Crippen LogP contribution in [0.3, 0.4) is 0 Å². The standard InChI is InChI=1S/C17H21F3O/c1-2-12-6-8-13(9-7-12)10-16(21)14-4-3-5-15(11-14)17(18,19)20/h6-9,14-15H,2-5,10-11H2,1H3. The van der Waals surface area contributed by atoms with Crippen molar-refractivity contribution in [3.63, 3.8) is 0 Å². The van der Waals surface area contributed by atoms with Crippen LogP contribution >= 0.6 is 0 Å². The van der Waals surface area contributed by atoms with Crippen molar-refractivity contribution in [1.29, 1.82) is 0 Å².